The zero-order valence-corrected chi connectivity index (χ0v) is 11.3. The van der Waals surface area contributed by atoms with Gasteiger partial charge in [-0.25, -0.2) is 9.97 Å². The lowest BCUT2D eigenvalue weighted by molar-refractivity contribution is 0.275. The van der Waals surface area contributed by atoms with Gasteiger partial charge in [-0.1, -0.05) is 13.8 Å². The van der Waals surface area contributed by atoms with Crippen LogP contribution in [0.5, 0.6) is 6.01 Å². The predicted octanol–water partition coefficient (Wildman–Crippen LogP) is 2.32. The maximum atomic E-state index is 5.53. The predicted molar refractivity (Wildman–Crippen MR) is 69.1 cm³/mol. The molecular formula is C13H23N3O. The highest BCUT2D eigenvalue weighted by Gasteiger charge is 2.03. The molecule has 0 saturated carbocycles. The fourth-order valence-electron chi connectivity index (χ4n) is 1.56. The zero-order chi connectivity index (χ0) is 12.7. The second-order valence-electron chi connectivity index (χ2n) is 4.68. The quantitative estimate of drug-likeness (QED) is 0.739. The third kappa shape index (κ3) is 5.13. The van der Waals surface area contributed by atoms with Crippen LogP contribution in [0.2, 0.25) is 0 Å². The van der Waals surface area contributed by atoms with Crippen LogP contribution in [0.15, 0.2) is 6.20 Å². The van der Waals surface area contributed by atoms with Gasteiger partial charge < -0.3 is 10.1 Å². The number of hydrogen-bond acceptors (Lipinski definition) is 4. The third-order valence-corrected chi connectivity index (χ3v) is 2.58. The SMILES string of the molecule is CNCc1cnc(OCCCC(C)C)nc1C. The first-order chi connectivity index (χ1) is 8.13. The molecule has 0 bridgehead atoms. The van der Waals surface area contributed by atoms with Crippen molar-refractivity contribution in [2.45, 2.75) is 40.2 Å². The molecule has 4 heteroatoms. The van der Waals surface area contributed by atoms with E-state index in [1.165, 1.54) is 6.42 Å². The first-order valence-electron chi connectivity index (χ1n) is 6.23. The molecule has 0 spiro atoms. The van der Waals surface area contributed by atoms with E-state index in [4.69, 9.17) is 4.74 Å². The molecule has 0 radical (unpaired) electrons. The second kappa shape index (κ2) is 7.22. The number of ether oxygens (including phenoxy) is 1. The molecular weight excluding hydrogens is 214 g/mol. The van der Waals surface area contributed by atoms with Crippen LogP contribution in [-0.4, -0.2) is 23.6 Å². The number of rotatable bonds is 7. The first-order valence-corrected chi connectivity index (χ1v) is 6.23. The topological polar surface area (TPSA) is 47.0 Å². The average Bonchev–Trinajstić information content (AvgIpc) is 2.28. The Morgan fingerprint density at radius 3 is 2.76 bits per heavy atom. The van der Waals surface area contributed by atoms with Crippen LogP contribution in [-0.2, 0) is 6.54 Å². The van der Waals surface area contributed by atoms with Crippen molar-refractivity contribution in [3.63, 3.8) is 0 Å². The van der Waals surface area contributed by atoms with Crippen LogP contribution in [0.4, 0.5) is 0 Å². The molecule has 0 unspecified atom stereocenters. The van der Waals surface area contributed by atoms with Crippen LogP contribution in [0.1, 0.15) is 37.9 Å². The summed E-state index contributed by atoms with van der Waals surface area (Å²) in [4.78, 5) is 8.54. The van der Waals surface area contributed by atoms with Gasteiger partial charge in [0.2, 0.25) is 0 Å². The molecule has 1 aromatic heterocycles. The van der Waals surface area contributed by atoms with Crippen molar-refractivity contribution in [1.29, 1.82) is 0 Å². The molecule has 0 aliphatic heterocycles. The summed E-state index contributed by atoms with van der Waals surface area (Å²) in [6.07, 6.45) is 4.06. The number of aromatic nitrogens is 2. The Bertz CT molecular complexity index is 339. The molecule has 96 valence electrons. The van der Waals surface area contributed by atoms with E-state index >= 15 is 0 Å². The summed E-state index contributed by atoms with van der Waals surface area (Å²) in [5.74, 6) is 0.722. The van der Waals surface area contributed by atoms with Gasteiger partial charge in [0.15, 0.2) is 0 Å². The zero-order valence-electron chi connectivity index (χ0n) is 11.3. The number of nitrogens with zero attached hydrogens (tertiary/aromatic N) is 2. The molecule has 0 aromatic carbocycles. The molecule has 0 aliphatic rings. The number of nitrogens with one attached hydrogen (secondary N) is 1. The van der Waals surface area contributed by atoms with Gasteiger partial charge >= 0.3 is 6.01 Å². The molecule has 1 aromatic rings. The van der Waals surface area contributed by atoms with E-state index in [-0.39, 0.29) is 0 Å². The molecule has 1 heterocycles. The van der Waals surface area contributed by atoms with Gasteiger partial charge in [0.05, 0.1) is 6.61 Å². The smallest absolute Gasteiger partial charge is 0.316 e. The molecule has 0 atom stereocenters. The third-order valence-electron chi connectivity index (χ3n) is 2.58. The van der Waals surface area contributed by atoms with Crippen molar-refractivity contribution in [3.8, 4) is 6.01 Å². The van der Waals surface area contributed by atoms with Gasteiger partial charge in [-0.15, -0.1) is 0 Å². The summed E-state index contributed by atoms with van der Waals surface area (Å²) >= 11 is 0. The molecule has 0 amide bonds. The first kappa shape index (κ1) is 13.9. The lowest BCUT2D eigenvalue weighted by atomic mass is 10.1. The van der Waals surface area contributed by atoms with Gasteiger partial charge in [-0.3, -0.25) is 0 Å². The summed E-state index contributed by atoms with van der Waals surface area (Å²) in [6.45, 7) is 7.90. The highest BCUT2D eigenvalue weighted by atomic mass is 16.5. The number of aryl methyl sites for hydroxylation is 1. The summed E-state index contributed by atoms with van der Waals surface area (Å²) in [7, 11) is 1.91. The molecule has 0 fully saturated rings. The van der Waals surface area contributed by atoms with Crippen molar-refractivity contribution in [2.75, 3.05) is 13.7 Å². The summed E-state index contributed by atoms with van der Waals surface area (Å²) < 4.78 is 5.53. The van der Waals surface area contributed by atoms with E-state index in [0.717, 1.165) is 30.1 Å². The standard InChI is InChI=1S/C13H23N3O/c1-10(2)6-5-7-17-13-15-9-12(8-14-4)11(3)16-13/h9-10,14H,5-8H2,1-4H3. The van der Waals surface area contributed by atoms with E-state index in [2.05, 4.69) is 29.1 Å². The molecule has 1 N–H and O–H groups in total. The van der Waals surface area contributed by atoms with Gasteiger partial charge in [-0.2, -0.15) is 0 Å². The summed E-state index contributed by atoms with van der Waals surface area (Å²) in [5, 5.41) is 3.09. The Balaban J connectivity index is 2.41. The van der Waals surface area contributed by atoms with Crippen molar-refractivity contribution in [1.82, 2.24) is 15.3 Å². The van der Waals surface area contributed by atoms with Crippen LogP contribution < -0.4 is 10.1 Å². The minimum Gasteiger partial charge on any atom is -0.463 e. The highest BCUT2D eigenvalue weighted by Crippen LogP contribution is 2.10. The summed E-state index contributed by atoms with van der Waals surface area (Å²) in [5.41, 5.74) is 2.09. The second-order valence-corrected chi connectivity index (χ2v) is 4.68. The van der Waals surface area contributed by atoms with E-state index in [1.54, 1.807) is 0 Å². The minimum atomic E-state index is 0.492. The molecule has 0 saturated heterocycles. The lowest BCUT2D eigenvalue weighted by Gasteiger charge is -2.08. The van der Waals surface area contributed by atoms with Crippen LogP contribution in [0.3, 0.4) is 0 Å². The van der Waals surface area contributed by atoms with E-state index in [9.17, 15) is 0 Å². The maximum absolute atomic E-state index is 5.53. The van der Waals surface area contributed by atoms with Crippen LogP contribution >= 0.6 is 0 Å². The molecule has 1 rings (SSSR count). The fourth-order valence-corrected chi connectivity index (χ4v) is 1.56. The monoisotopic (exact) mass is 237 g/mol. The van der Waals surface area contributed by atoms with Gasteiger partial charge in [0.25, 0.3) is 0 Å². The van der Waals surface area contributed by atoms with Gasteiger partial charge in [-0.05, 0) is 32.7 Å². The lowest BCUT2D eigenvalue weighted by Crippen LogP contribution is -2.09. The number of hydrogen-bond donors (Lipinski definition) is 1. The van der Waals surface area contributed by atoms with E-state index in [1.807, 2.05) is 20.2 Å². The van der Waals surface area contributed by atoms with Crippen molar-refractivity contribution in [3.05, 3.63) is 17.5 Å². The van der Waals surface area contributed by atoms with Crippen molar-refractivity contribution < 1.29 is 4.74 Å². The van der Waals surface area contributed by atoms with Crippen molar-refractivity contribution in [2.24, 2.45) is 5.92 Å². The molecule has 17 heavy (non-hydrogen) atoms. The Morgan fingerprint density at radius 1 is 1.41 bits per heavy atom. The fraction of sp³-hybridized carbons (Fsp3) is 0.692. The Labute approximate surface area is 104 Å². The van der Waals surface area contributed by atoms with Crippen molar-refractivity contribution >= 4 is 0 Å². The Hall–Kier alpha value is -1.16. The van der Waals surface area contributed by atoms with E-state index < -0.39 is 0 Å². The highest BCUT2D eigenvalue weighted by molar-refractivity contribution is 5.17. The summed E-state index contributed by atoms with van der Waals surface area (Å²) in [6, 6.07) is 0.492. The Kier molecular flexibility index (Phi) is 5.91. The largest absolute Gasteiger partial charge is 0.463 e. The maximum Gasteiger partial charge on any atom is 0.316 e. The van der Waals surface area contributed by atoms with Gasteiger partial charge in [0.1, 0.15) is 0 Å². The van der Waals surface area contributed by atoms with E-state index in [0.29, 0.717) is 12.6 Å². The van der Waals surface area contributed by atoms with Crippen LogP contribution in [0.25, 0.3) is 0 Å². The Morgan fingerprint density at radius 2 is 2.18 bits per heavy atom. The van der Waals surface area contributed by atoms with Gasteiger partial charge in [0, 0.05) is 24.0 Å². The minimum absolute atomic E-state index is 0.492. The molecule has 0 aliphatic carbocycles. The average molecular weight is 237 g/mol. The normalized spacial score (nSPS) is 10.9. The molecule has 4 nitrogen and oxygen atoms in total. The van der Waals surface area contributed by atoms with Crippen LogP contribution in [0, 0.1) is 12.8 Å².